The number of anilines is 3. The number of nitrogens with zero attached hydrogens (tertiary/aromatic N) is 3. The lowest BCUT2D eigenvalue weighted by molar-refractivity contribution is 0.387. The van der Waals surface area contributed by atoms with E-state index in [1.165, 1.54) is 24.1 Å². The van der Waals surface area contributed by atoms with Crippen LogP contribution in [0.1, 0.15) is 49.8 Å². The lowest BCUT2D eigenvalue weighted by atomic mass is 9.91. The van der Waals surface area contributed by atoms with Crippen molar-refractivity contribution in [2.24, 2.45) is 0 Å². The van der Waals surface area contributed by atoms with Gasteiger partial charge in [0.25, 0.3) is 0 Å². The van der Waals surface area contributed by atoms with Gasteiger partial charge in [-0.25, -0.2) is 4.98 Å². The molecule has 32 heavy (non-hydrogen) atoms. The van der Waals surface area contributed by atoms with Crippen molar-refractivity contribution in [3.8, 4) is 0 Å². The van der Waals surface area contributed by atoms with Gasteiger partial charge in [-0.15, -0.1) is 0 Å². The second-order valence-electron chi connectivity index (χ2n) is 8.79. The molecule has 3 N–H and O–H groups in total. The predicted octanol–water partition coefficient (Wildman–Crippen LogP) is 5.44. The van der Waals surface area contributed by atoms with Crippen LogP contribution in [0.3, 0.4) is 0 Å². The SMILES string of the molecule is CN(C)c1nc(NC2CCC(NC(=S)Nc3cccc(Cl)c3Cl)CC2)nc2c1CCCC2. The maximum atomic E-state index is 6.25. The van der Waals surface area contributed by atoms with Gasteiger partial charge in [-0.05, 0) is 75.7 Å². The van der Waals surface area contributed by atoms with E-state index in [-0.39, 0.29) is 0 Å². The van der Waals surface area contributed by atoms with Crippen LogP contribution < -0.4 is 20.9 Å². The number of nitrogens with one attached hydrogen (secondary N) is 3. The van der Waals surface area contributed by atoms with E-state index in [0.29, 0.717) is 32.9 Å². The van der Waals surface area contributed by atoms with Crippen molar-refractivity contribution in [2.75, 3.05) is 29.6 Å². The predicted molar refractivity (Wildman–Crippen MR) is 138 cm³/mol. The minimum atomic E-state index is 0.327. The van der Waals surface area contributed by atoms with E-state index in [4.69, 9.17) is 45.4 Å². The van der Waals surface area contributed by atoms with Crippen LogP contribution in [0.25, 0.3) is 0 Å². The van der Waals surface area contributed by atoms with Gasteiger partial charge in [0.15, 0.2) is 5.11 Å². The number of halogens is 2. The Labute approximate surface area is 205 Å². The van der Waals surface area contributed by atoms with E-state index in [1.54, 1.807) is 6.07 Å². The fourth-order valence-electron chi connectivity index (χ4n) is 4.52. The monoisotopic (exact) mass is 492 g/mol. The van der Waals surface area contributed by atoms with Gasteiger partial charge >= 0.3 is 0 Å². The molecule has 2 aliphatic rings. The van der Waals surface area contributed by atoms with E-state index in [2.05, 4.69) is 34.9 Å². The van der Waals surface area contributed by atoms with Crippen molar-refractivity contribution in [3.63, 3.8) is 0 Å². The first-order valence-corrected chi connectivity index (χ1v) is 12.4. The van der Waals surface area contributed by atoms with Gasteiger partial charge in [-0.1, -0.05) is 29.3 Å². The quantitative estimate of drug-likeness (QED) is 0.480. The number of aromatic nitrogens is 2. The molecular formula is C23H30Cl2N6S. The summed E-state index contributed by atoms with van der Waals surface area (Å²) in [5.74, 6) is 1.82. The third kappa shape index (κ3) is 5.56. The third-order valence-corrected chi connectivity index (χ3v) is 7.22. The highest BCUT2D eigenvalue weighted by Gasteiger charge is 2.24. The minimum absolute atomic E-state index is 0.327. The number of rotatable bonds is 5. The maximum absolute atomic E-state index is 6.25. The highest BCUT2D eigenvalue weighted by Crippen LogP contribution is 2.31. The number of hydrogen-bond acceptors (Lipinski definition) is 5. The summed E-state index contributed by atoms with van der Waals surface area (Å²) in [6, 6.07) is 6.17. The smallest absolute Gasteiger partial charge is 0.225 e. The zero-order valence-corrected chi connectivity index (χ0v) is 20.9. The number of fused-ring (bicyclic) bond motifs is 1. The summed E-state index contributed by atoms with van der Waals surface area (Å²) in [6.07, 6.45) is 8.68. The van der Waals surface area contributed by atoms with E-state index in [9.17, 15) is 0 Å². The molecule has 1 saturated carbocycles. The largest absolute Gasteiger partial charge is 0.362 e. The van der Waals surface area contributed by atoms with Gasteiger partial charge in [0.1, 0.15) is 5.82 Å². The molecular weight excluding hydrogens is 463 g/mol. The van der Waals surface area contributed by atoms with E-state index in [1.807, 2.05) is 12.1 Å². The normalized spacial score (nSPS) is 20.2. The van der Waals surface area contributed by atoms with E-state index in [0.717, 1.165) is 50.3 Å². The van der Waals surface area contributed by atoms with Gasteiger partial charge in [0, 0.05) is 31.7 Å². The Hall–Kier alpha value is -1.83. The average Bonchev–Trinajstić information content (AvgIpc) is 2.77. The lowest BCUT2D eigenvalue weighted by Crippen LogP contribution is -2.42. The van der Waals surface area contributed by atoms with Crippen molar-refractivity contribution in [1.82, 2.24) is 15.3 Å². The lowest BCUT2D eigenvalue weighted by Gasteiger charge is -2.31. The van der Waals surface area contributed by atoms with Crippen LogP contribution in [0, 0.1) is 0 Å². The van der Waals surface area contributed by atoms with Crippen LogP contribution in [0.15, 0.2) is 18.2 Å². The summed E-state index contributed by atoms with van der Waals surface area (Å²) in [5, 5.41) is 11.7. The molecule has 1 aromatic carbocycles. The molecule has 0 bridgehead atoms. The molecule has 0 saturated heterocycles. The van der Waals surface area contributed by atoms with Gasteiger partial charge in [-0.3, -0.25) is 0 Å². The standard InChI is InChI=1S/C23H30Cl2N6S/c1-31(2)21-16-6-3-4-8-18(16)28-22(30-21)26-14-10-12-15(13-11-14)27-23(32)29-19-9-5-7-17(24)20(19)25/h5,7,9,14-15H,3-4,6,8,10-13H2,1-2H3,(H,26,28,30)(H2,27,29,32). The molecule has 0 unspecified atom stereocenters. The third-order valence-electron chi connectivity index (χ3n) is 6.18. The number of benzene rings is 1. The summed E-state index contributed by atoms with van der Waals surface area (Å²) >= 11 is 17.8. The van der Waals surface area contributed by atoms with Gasteiger partial charge in [0.05, 0.1) is 21.4 Å². The maximum Gasteiger partial charge on any atom is 0.225 e. The highest BCUT2D eigenvalue weighted by atomic mass is 35.5. The van der Waals surface area contributed by atoms with Gasteiger partial charge in [0.2, 0.25) is 5.95 Å². The molecule has 2 aromatic rings. The summed E-state index contributed by atoms with van der Waals surface area (Å²) < 4.78 is 0. The first-order valence-electron chi connectivity index (χ1n) is 11.3. The first kappa shape index (κ1) is 23.3. The van der Waals surface area contributed by atoms with Crippen LogP contribution in [-0.4, -0.2) is 41.3 Å². The zero-order chi connectivity index (χ0) is 22.7. The molecule has 6 nitrogen and oxygen atoms in total. The molecule has 4 rings (SSSR count). The first-order chi connectivity index (χ1) is 15.4. The van der Waals surface area contributed by atoms with Crippen LogP contribution in [0.4, 0.5) is 17.5 Å². The summed E-state index contributed by atoms with van der Waals surface area (Å²) in [6.45, 7) is 0. The molecule has 1 aromatic heterocycles. The van der Waals surface area contributed by atoms with Crippen molar-refractivity contribution >= 4 is 58.0 Å². The van der Waals surface area contributed by atoms with Crippen molar-refractivity contribution < 1.29 is 0 Å². The Balaban J connectivity index is 1.31. The Kier molecular flexibility index (Phi) is 7.59. The molecule has 2 aliphatic carbocycles. The van der Waals surface area contributed by atoms with Crippen molar-refractivity contribution in [3.05, 3.63) is 39.5 Å². The molecule has 0 atom stereocenters. The molecule has 0 radical (unpaired) electrons. The molecule has 172 valence electrons. The Morgan fingerprint density at radius 3 is 2.50 bits per heavy atom. The Morgan fingerprint density at radius 2 is 1.75 bits per heavy atom. The van der Waals surface area contributed by atoms with Crippen LogP contribution in [0.2, 0.25) is 10.0 Å². The van der Waals surface area contributed by atoms with Crippen molar-refractivity contribution in [1.29, 1.82) is 0 Å². The summed E-state index contributed by atoms with van der Waals surface area (Å²) in [5.41, 5.74) is 3.25. The molecule has 0 spiro atoms. The summed E-state index contributed by atoms with van der Waals surface area (Å²) in [7, 11) is 4.12. The van der Waals surface area contributed by atoms with E-state index >= 15 is 0 Å². The van der Waals surface area contributed by atoms with Crippen LogP contribution >= 0.6 is 35.4 Å². The minimum Gasteiger partial charge on any atom is -0.362 e. The number of aryl methyl sites for hydroxylation is 1. The highest BCUT2D eigenvalue weighted by molar-refractivity contribution is 7.80. The number of hydrogen-bond donors (Lipinski definition) is 3. The van der Waals surface area contributed by atoms with Crippen LogP contribution in [0.5, 0.6) is 0 Å². The molecule has 0 aliphatic heterocycles. The number of thiocarbonyl (C=S) groups is 1. The van der Waals surface area contributed by atoms with Gasteiger partial charge in [-0.2, -0.15) is 4.98 Å². The Bertz CT molecular complexity index is 975. The zero-order valence-electron chi connectivity index (χ0n) is 18.5. The fraction of sp³-hybridized carbons (Fsp3) is 0.522. The van der Waals surface area contributed by atoms with Crippen LogP contribution in [-0.2, 0) is 12.8 Å². The van der Waals surface area contributed by atoms with Crippen molar-refractivity contribution in [2.45, 2.75) is 63.5 Å². The van der Waals surface area contributed by atoms with Gasteiger partial charge < -0.3 is 20.9 Å². The average molecular weight is 494 g/mol. The topological polar surface area (TPSA) is 65.1 Å². The molecule has 0 amide bonds. The fourth-order valence-corrected chi connectivity index (χ4v) is 5.14. The Morgan fingerprint density at radius 1 is 1.03 bits per heavy atom. The molecule has 1 fully saturated rings. The second kappa shape index (κ2) is 10.4. The summed E-state index contributed by atoms with van der Waals surface area (Å²) in [4.78, 5) is 11.8. The second-order valence-corrected chi connectivity index (χ2v) is 9.98. The molecule has 9 heteroatoms. The molecule has 1 heterocycles. The van der Waals surface area contributed by atoms with E-state index < -0.39 is 0 Å².